The third-order valence-corrected chi connectivity index (χ3v) is 1.93. The number of hydrogen-bond donors (Lipinski definition) is 2. The second kappa shape index (κ2) is 3.88. The van der Waals surface area contributed by atoms with Crippen LogP contribution in [0.25, 0.3) is 0 Å². The molecule has 0 amide bonds. The Kier molecular flexibility index (Phi) is 3.01. The minimum Gasteiger partial charge on any atom is -0.504 e. The zero-order valence-electron chi connectivity index (χ0n) is 8.74. The fraction of sp³-hybridized carbons (Fsp3) is 0.455. The Morgan fingerprint density at radius 3 is 2.50 bits per heavy atom. The normalized spacial score (nSPS) is 11.4. The smallest absolute Gasteiger partial charge is 0.161 e. The predicted octanol–water partition coefficient (Wildman–Crippen LogP) is 1.71. The number of aromatic hydroxyl groups is 1. The Bertz CT molecular complexity index is 313. The Hall–Kier alpha value is -1.22. The van der Waals surface area contributed by atoms with Gasteiger partial charge in [-0.1, -0.05) is 12.1 Å². The second-order valence-corrected chi connectivity index (χ2v) is 3.96. The lowest BCUT2D eigenvalue weighted by Crippen LogP contribution is -2.21. The van der Waals surface area contributed by atoms with Crippen LogP contribution >= 0.6 is 0 Å². The molecule has 0 unspecified atom stereocenters. The molecular formula is C11H16O3. The second-order valence-electron chi connectivity index (χ2n) is 3.96. The van der Waals surface area contributed by atoms with E-state index in [1.165, 1.54) is 7.11 Å². The fourth-order valence-electron chi connectivity index (χ4n) is 1.34. The molecule has 2 N–H and O–H groups in total. The van der Waals surface area contributed by atoms with E-state index in [0.717, 1.165) is 0 Å². The molecule has 1 rings (SSSR count). The van der Waals surface area contributed by atoms with Crippen LogP contribution in [-0.2, 0) is 6.42 Å². The van der Waals surface area contributed by atoms with E-state index in [4.69, 9.17) is 4.74 Å². The summed E-state index contributed by atoms with van der Waals surface area (Å²) in [5, 5.41) is 19.3. The first-order valence-corrected chi connectivity index (χ1v) is 4.51. The maximum absolute atomic E-state index is 9.72. The molecule has 0 saturated carbocycles. The van der Waals surface area contributed by atoms with Crippen molar-refractivity contribution in [3.05, 3.63) is 23.8 Å². The Morgan fingerprint density at radius 1 is 1.36 bits per heavy atom. The van der Waals surface area contributed by atoms with Gasteiger partial charge >= 0.3 is 0 Å². The maximum atomic E-state index is 9.72. The molecule has 0 radical (unpaired) electrons. The van der Waals surface area contributed by atoms with Gasteiger partial charge in [-0.3, -0.25) is 0 Å². The van der Waals surface area contributed by atoms with Gasteiger partial charge in [0.2, 0.25) is 0 Å². The van der Waals surface area contributed by atoms with Crippen molar-refractivity contribution in [1.82, 2.24) is 0 Å². The number of para-hydroxylation sites is 1. The first-order chi connectivity index (χ1) is 6.44. The minimum atomic E-state index is -0.830. The zero-order chi connectivity index (χ0) is 10.8. The molecule has 0 spiro atoms. The van der Waals surface area contributed by atoms with Gasteiger partial charge in [0.25, 0.3) is 0 Å². The fourth-order valence-corrected chi connectivity index (χ4v) is 1.34. The van der Waals surface area contributed by atoms with Gasteiger partial charge in [0.1, 0.15) is 0 Å². The van der Waals surface area contributed by atoms with Crippen molar-refractivity contribution >= 4 is 0 Å². The monoisotopic (exact) mass is 196 g/mol. The van der Waals surface area contributed by atoms with Gasteiger partial charge in [0, 0.05) is 12.0 Å². The van der Waals surface area contributed by atoms with E-state index < -0.39 is 5.60 Å². The Balaban J connectivity index is 2.98. The van der Waals surface area contributed by atoms with E-state index in [2.05, 4.69) is 0 Å². The summed E-state index contributed by atoms with van der Waals surface area (Å²) in [4.78, 5) is 0. The van der Waals surface area contributed by atoms with Crippen molar-refractivity contribution in [2.24, 2.45) is 0 Å². The van der Waals surface area contributed by atoms with Crippen LogP contribution in [0.4, 0.5) is 0 Å². The van der Waals surface area contributed by atoms with Gasteiger partial charge in [0.15, 0.2) is 11.5 Å². The molecule has 78 valence electrons. The van der Waals surface area contributed by atoms with Gasteiger partial charge < -0.3 is 14.9 Å². The molecule has 0 saturated heterocycles. The molecule has 0 heterocycles. The molecule has 3 nitrogen and oxygen atoms in total. The number of methoxy groups -OCH3 is 1. The third kappa shape index (κ3) is 2.64. The lowest BCUT2D eigenvalue weighted by molar-refractivity contribution is 0.0802. The summed E-state index contributed by atoms with van der Waals surface area (Å²) < 4.78 is 4.97. The molecule has 1 aromatic rings. The highest BCUT2D eigenvalue weighted by Crippen LogP contribution is 2.31. The number of phenols is 1. The molecule has 0 fully saturated rings. The van der Waals surface area contributed by atoms with Crippen LogP contribution in [0.2, 0.25) is 0 Å². The van der Waals surface area contributed by atoms with Gasteiger partial charge in [-0.2, -0.15) is 0 Å². The molecule has 0 aliphatic heterocycles. The molecular weight excluding hydrogens is 180 g/mol. The van der Waals surface area contributed by atoms with Crippen LogP contribution in [0.5, 0.6) is 11.5 Å². The summed E-state index contributed by atoms with van der Waals surface area (Å²) in [7, 11) is 1.50. The molecule has 0 aliphatic carbocycles. The molecule has 1 aromatic carbocycles. The SMILES string of the molecule is COc1cccc(CC(C)(C)O)c1O. The van der Waals surface area contributed by atoms with E-state index in [-0.39, 0.29) is 5.75 Å². The Labute approximate surface area is 84.0 Å². The highest BCUT2D eigenvalue weighted by Gasteiger charge is 2.17. The van der Waals surface area contributed by atoms with E-state index in [1.54, 1.807) is 32.0 Å². The average molecular weight is 196 g/mol. The van der Waals surface area contributed by atoms with Gasteiger partial charge in [-0.05, 0) is 19.9 Å². The highest BCUT2D eigenvalue weighted by atomic mass is 16.5. The largest absolute Gasteiger partial charge is 0.504 e. The summed E-state index contributed by atoms with van der Waals surface area (Å²) in [5.74, 6) is 0.545. The van der Waals surface area contributed by atoms with Crippen LogP contribution in [0.15, 0.2) is 18.2 Å². The number of phenolic OH excluding ortho intramolecular Hbond substituents is 1. The molecule has 0 atom stereocenters. The lowest BCUT2D eigenvalue weighted by atomic mass is 9.98. The average Bonchev–Trinajstić information content (AvgIpc) is 2.06. The first-order valence-electron chi connectivity index (χ1n) is 4.51. The van der Waals surface area contributed by atoms with Gasteiger partial charge in [-0.25, -0.2) is 0 Å². The van der Waals surface area contributed by atoms with Crippen molar-refractivity contribution in [1.29, 1.82) is 0 Å². The first kappa shape index (κ1) is 10.9. The van der Waals surface area contributed by atoms with E-state index in [9.17, 15) is 10.2 Å². The molecule has 14 heavy (non-hydrogen) atoms. The summed E-state index contributed by atoms with van der Waals surface area (Å²) in [6.45, 7) is 3.40. The number of aliphatic hydroxyl groups is 1. The molecule has 0 aliphatic rings. The van der Waals surface area contributed by atoms with Gasteiger partial charge in [-0.15, -0.1) is 0 Å². The van der Waals surface area contributed by atoms with E-state index >= 15 is 0 Å². The lowest BCUT2D eigenvalue weighted by Gasteiger charge is -2.18. The van der Waals surface area contributed by atoms with Crippen LogP contribution in [0.1, 0.15) is 19.4 Å². The summed E-state index contributed by atoms with van der Waals surface area (Å²) >= 11 is 0. The van der Waals surface area contributed by atoms with E-state index in [1.807, 2.05) is 0 Å². The predicted molar refractivity (Wildman–Crippen MR) is 54.7 cm³/mol. The third-order valence-electron chi connectivity index (χ3n) is 1.93. The minimum absolute atomic E-state index is 0.108. The zero-order valence-corrected chi connectivity index (χ0v) is 8.74. The van der Waals surface area contributed by atoms with E-state index in [0.29, 0.717) is 17.7 Å². The summed E-state index contributed by atoms with van der Waals surface area (Å²) in [6, 6.07) is 5.25. The van der Waals surface area contributed by atoms with Crippen molar-refractivity contribution < 1.29 is 14.9 Å². The van der Waals surface area contributed by atoms with Crippen molar-refractivity contribution in [2.75, 3.05) is 7.11 Å². The standard InChI is InChI=1S/C11H16O3/c1-11(2,13)7-8-5-4-6-9(14-3)10(8)12/h4-6,12-13H,7H2,1-3H3. The highest BCUT2D eigenvalue weighted by molar-refractivity contribution is 5.45. The van der Waals surface area contributed by atoms with Crippen molar-refractivity contribution in [3.8, 4) is 11.5 Å². The number of benzene rings is 1. The molecule has 0 bridgehead atoms. The van der Waals surface area contributed by atoms with Crippen molar-refractivity contribution in [2.45, 2.75) is 25.9 Å². The van der Waals surface area contributed by atoms with Crippen molar-refractivity contribution in [3.63, 3.8) is 0 Å². The van der Waals surface area contributed by atoms with Gasteiger partial charge in [0.05, 0.1) is 12.7 Å². The van der Waals surface area contributed by atoms with Crippen LogP contribution in [-0.4, -0.2) is 22.9 Å². The number of ether oxygens (including phenoxy) is 1. The molecule has 0 aromatic heterocycles. The quantitative estimate of drug-likeness (QED) is 0.773. The van der Waals surface area contributed by atoms with Crippen LogP contribution in [0, 0.1) is 0 Å². The van der Waals surface area contributed by atoms with Crippen LogP contribution < -0.4 is 4.74 Å². The Morgan fingerprint density at radius 2 is 2.00 bits per heavy atom. The topological polar surface area (TPSA) is 49.7 Å². The molecule has 3 heteroatoms. The number of rotatable bonds is 3. The maximum Gasteiger partial charge on any atom is 0.161 e. The summed E-state index contributed by atoms with van der Waals surface area (Å²) in [5.41, 5.74) is -0.138. The van der Waals surface area contributed by atoms with Crippen LogP contribution in [0.3, 0.4) is 0 Å². The summed E-state index contributed by atoms with van der Waals surface area (Å²) in [6.07, 6.45) is 0.399. The number of hydrogen-bond acceptors (Lipinski definition) is 3.